The molecule has 0 heterocycles. The molecule has 0 spiro atoms. The first-order chi connectivity index (χ1) is 10.1. The molecule has 2 rings (SSSR count). The molecule has 0 saturated heterocycles. The van der Waals surface area contributed by atoms with Gasteiger partial charge in [-0.3, -0.25) is 0 Å². The summed E-state index contributed by atoms with van der Waals surface area (Å²) in [5.74, 6) is 0.441. The van der Waals surface area contributed by atoms with Gasteiger partial charge in [-0.1, -0.05) is 72.6 Å². The fourth-order valence-corrected chi connectivity index (χ4v) is 3.40. The molecular weight excluding hydrogens is 268 g/mol. The molecule has 0 unspecified atom stereocenters. The van der Waals surface area contributed by atoms with Crippen molar-refractivity contribution in [2.24, 2.45) is 5.92 Å². The number of rotatable bonds is 2. The number of hydrogen-bond donors (Lipinski definition) is 1. The number of benzene rings is 1. The highest BCUT2D eigenvalue weighted by Crippen LogP contribution is 2.33. The summed E-state index contributed by atoms with van der Waals surface area (Å²) in [6.07, 6.45) is 5.53. The third-order valence-corrected chi connectivity index (χ3v) is 5.09. The topological polar surface area (TPSA) is 20.2 Å². The molecule has 1 aliphatic carbocycles. The Balaban J connectivity index is 2.33. The smallest absolute Gasteiger partial charge is 0.0571 e. The molecule has 1 fully saturated rings. The van der Waals surface area contributed by atoms with E-state index < -0.39 is 0 Å². The van der Waals surface area contributed by atoms with Gasteiger partial charge in [0.2, 0.25) is 0 Å². The zero-order valence-corrected chi connectivity index (χ0v) is 15.4. The van der Waals surface area contributed by atoms with Crippen LogP contribution in [0.2, 0.25) is 0 Å². The maximum atomic E-state index is 10.3. The van der Waals surface area contributed by atoms with Gasteiger partial charge in [0.05, 0.1) is 6.10 Å². The van der Waals surface area contributed by atoms with E-state index in [1.165, 1.54) is 36.0 Å². The second-order valence-corrected chi connectivity index (χ2v) is 9.23. The molecule has 2 atom stereocenters. The van der Waals surface area contributed by atoms with Crippen molar-refractivity contribution in [3.63, 3.8) is 0 Å². The fraction of sp³-hybridized carbons (Fsp3) is 0.714. The van der Waals surface area contributed by atoms with E-state index in [2.05, 4.69) is 59.7 Å². The van der Waals surface area contributed by atoms with Crippen molar-refractivity contribution < 1.29 is 5.11 Å². The van der Waals surface area contributed by atoms with E-state index in [1.807, 2.05) is 0 Å². The van der Waals surface area contributed by atoms with Crippen LogP contribution < -0.4 is 0 Å². The SMILES string of the molecule is CC(C)(C)c1cc(C[C@@H]2CCCC[C@@H]2O)cc(C(C)(C)C)c1. The van der Waals surface area contributed by atoms with E-state index in [4.69, 9.17) is 0 Å². The molecule has 0 aliphatic heterocycles. The Labute approximate surface area is 137 Å². The van der Waals surface area contributed by atoms with Gasteiger partial charge >= 0.3 is 0 Å². The molecule has 0 amide bonds. The number of aliphatic hydroxyl groups is 1. The van der Waals surface area contributed by atoms with Crippen LogP contribution in [0.1, 0.15) is 83.9 Å². The van der Waals surface area contributed by atoms with Crippen molar-refractivity contribution in [2.75, 3.05) is 0 Å². The van der Waals surface area contributed by atoms with Crippen LogP contribution in [0.15, 0.2) is 18.2 Å². The summed E-state index contributed by atoms with van der Waals surface area (Å²) in [5, 5.41) is 10.3. The zero-order chi connectivity index (χ0) is 16.5. The van der Waals surface area contributed by atoms with Gasteiger partial charge in [0.1, 0.15) is 0 Å². The maximum absolute atomic E-state index is 10.3. The highest BCUT2D eigenvalue weighted by molar-refractivity contribution is 5.37. The van der Waals surface area contributed by atoms with Crippen LogP contribution in [0.3, 0.4) is 0 Å². The molecule has 1 aromatic carbocycles. The Morgan fingerprint density at radius 3 is 1.82 bits per heavy atom. The molecule has 124 valence electrons. The van der Waals surface area contributed by atoms with Gasteiger partial charge in [-0.05, 0) is 52.7 Å². The lowest BCUT2D eigenvalue weighted by molar-refractivity contribution is 0.0700. The molecule has 1 aromatic rings. The van der Waals surface area contributed by atoms with Gasteiger partial charge in [0.25, 0.3) is 0 Å². The van der Waals surface area contributed by atoms with Crippen molar-refractivity contribution in [3.05, 3.63) is 34.9 Å². The van der Waals surface area contributed by atoms with Crippen molar-refractivity contribution in [1.29, 1.82) is 0 Å². The highest BCUT2D eigenvalue weighted by atomic mass is 16.3. The van der Waals surface area contributed by atoms with Gasteiger partial charge in [0.15, 0.2) is 0 Å². The third-order valence-electron chi connectivity index (χ3n) is 5.09. The van der Waals surface area contributed by atoms with Crippen molar-refractivity contribution >= 4 is 0 Å². The van der Waals surface area contributed by atoms with Crippen LogP contribution in [0.25, 0.3) is 0 Å². The molecule has 0 radical (unpaired) electrons. The zero-order valence-electron chi connectivity index (χ0n) is 15.4. The van der Waals surface area contributed by atoms with E-state index in [9.17, 15) is 5.11 Å². The largest absolute Gasteiger partial charge is 0.393 e. The minimum Gasteiger partial charge on any atom is -0.393 e. The molecule has 1 heteroatoms. The average molecular weight is 303 g/mol. The van der Waals surface area contributed by atoms with Gasteiger partial charge in [-0.2, -0.15) is 0 Å². The first kappa shape index (κ1) is 17.5. The molecule has 1 N–H and O–H groups in total. The lowest BCUT2D eigenvalue weighted by Gasteiger charge is -2.30. The summed E-state index contributed by atoms with van der Waals surface area (Å²) in [4.78, 5) is 0. The summed E-state index contributed by atoms with van der Waals surface area (Å²) in [5.41, 5.74) is 4.58. The summed E-state index contributed by atoms with van der Waals surface area (Å²) in [7, 11) is 0. The van der Waals surface area contributed by atoms with Crippen LogP contribution in [0.5, 0.6) is 0 Å². The van der Waals surface area contributed by atoms with Gasteiger partial charge < -0.3 is 5.11 Å². The van der Waals surface area contributed by atoms with E-state index >= 15 is 0 Å². The van der Waals surface area contributed by atoms with Crippen molar-refractivity contribution in [1.82, 2.24) is 0 Å². The van der Waals surface area contributed by atoms with Crippen molar-refractivity contribution in [2.45, 2.75) is 90.6 Å². The lowest BCUT2D eigenvalue weighted by Crippen LogP contribution is -2.26. The first-order valence-corrected chi connectivity index (χ1v) is 8.90. The van der Waals surface area contributed by atoms with Gasteiger partial charge in [-0.25, -0.2) is 0 Å². The van der Waals surface area contributed by atoms with Crippen LogP contribution in [-0.4, -0.2) is 11.2 Å². The van der Waals surface area contributed by atoms with E-state index in [1.54, 1.807) is 0 Å². The second kappa shape index (κ2) is 6.35. The monoisotopic (exact) mass is 302 g/mol. The molecule has 22 heavy (non-hydrogen) atoms. The fourth-order valence-electron chi connectivity index (χ4n) is 3.40. The van der Waals surface area contributed by atoms with E-state index in [0.717, 1.165) is 12.8 Å². The Kier molecular flexibility index (Phi) is 5.06. The summed E-state index contributed by atoms with van der Waals surface area (Å²) >= 11 is 0. The van der Waals surface area contributed by atoms with Crippen LogP contribution >= 0.6 is 0 Å². The Bertz CT molecular complexity index is 469. The van der Waals surface area contributed by atoms with Gasteiger partial charge in [0, 0.05) is 0 Å². The van der Waals surface area contributed by atoms with E-state index in [-0.39, 0.29) is 16.9 Å². The summed E-state index contributed by atoms with van der Waals surface area (Å²) < 4.78 is 0. The Morgan fingerprint density at radius 2 is 1.36 bits per heavy atom. The Hall–Kier alpha value is -0.820. The predicted molar refractivity (Wildman–Crippen MR) is 95.5 cm³/mol. The summed E-state index contributed by atoms with van der Waals surface area (Å²) in [6, 6.07) is 7.12. The maximum Gasteiger partial charge on any atom is 0.0571 e. The molecule has 0 aromatic heterocycles. The number of hydrogen-bond acceptors (Lipinski definition) is 1. The third kappa shape index (κ3) is 4.35. The normalized spacial score (nSPS) is 23.6. The summed E-state index contributed by atoms with van der Waals surface area (Å²) in [6.45, 7) is 13.7. The Morgan fingerprint density at radius 1 is 0.864 bits per heavy atom. The minimum atomic E-state index is -0.106. The van der Waals surface area contributed by atoms with Crippen molar-refractivity contribution in [3.8, 4) is 0 Å². The van der Waals surface area contributed by atoms with Crippen LogP contribution in [0.4, 0.5) is 0 Å². The number of aliphatic hydroxyl groups excluding tert-OH is 1. The van der Waals surface area contributed by atoms with Crippen LogP contribution in [0, 0.1) is 5.92 Å². The minimum absolute atomic E-state index is 0.106. The molecule has 1 aliphatic rings. The van der Waals surface area contributed by atoms with Gasteiger partial charge in [-0.15, -0.1) is 0 Å². The molecule has 1 nitrogen and oxygen atoms in total. The average Bonchev–Trinajstić information content (AvgIpc) is 2.39. The molecule has 1 saturated carbocycles. The molecule has 0 bridgehead atoms. The van der Waals surface area contributed by atoms with E-state index in [0.29, 0.717) is 5.92 Å². The quantitative estimate of drug-likeness (QED) is 0.778. The molecular formula is C21H34O. The second-order valence-electron chi connectivity index (χ2n) is 9.23. The van der Waals surface area contributed by atoms with Crippen LogP contribution in [-0.2, 0) is 17.3 Å². The first-order valence-electron chi connectivity index (χ1n) is 8.90. The highest BCUT2D eigenvalue weighted by Gasteiger charge is 2.25. The lowest BCUT2D eigenvalue weighted by atomic mass is 9.77. The predicted octanol–water partition coefficient (Wildman–Crippen LogP) is 5.38. The standard InChI is InChI=1S/C21H34O/c1-20(2,3)17-12-15(13-18(14-17)21(4,5)6)11-16-9-7-8-10-19(16)22/h12-14,16,19,22H,7-11H2,1-6H3/t16-,19-/m0/s1.